The van der Waals surface area contributed by atoms with E-state index < -0.39 is 0 Å². The number of nitrogens with zero attached hydrogens (tertiary/aromatic N) is 2. The van der Waals surface area contributed by atoms with Crippen molar-refractivity contribution < 1.29 is 18.7 Å². The van der Waals surface area contributed by atoms with Crippen LogP contribution in [0.2, 0.25) is 0 Å². The summed E-state index contributed by atoms with van der Waals surface area (Å²) in [6.07, 6.45) is 2.11. The number of fused-ring (bicyclic) bond motifs is 1. The number of rotatable bonds is 4. The van der Waals surface area contributed by atoms with Crippen LogP contribution in [0.5, 0.6) is 11.5 Å². The van der Waals surface area contributed by atoms with Gasteiger partial charge in [-0.15, -0.1) is 5.10 Å². The Kier molecular flexibility index (Phi) is 3.85. The van der Waals surface area contributed by atoms with Gasteiger partial charge in [0.15, 0.2) is 11.6 Å². The fourth-order valence-corrected chi connectivity index (χ4v) is 2.72. The SMILES string of the molecule is COc1ccc2c(c1)CC(C(=O)Nc1n[nH]c(-c3ccco3)n1)CO2. The summed E-state index contributed by atoms with van der Waals surface area (Å²) >= 11 is 0. The van der Waals surface area contributed by atoms with Crippen LogP contribution in [0.4, 0.5) is 5.95 Å². The maximum Gasteiger partial charge on any atom is 0.249 e. The summed E-state index contributed by atoms with van der Waals surface area (Å²) in [5.41, 5.74) is 0.942. The van der Waals surface area contributed by atoms with Gasteiger partial charge in [-0.3, -0.25) is 15.2 Å². The van der Waals surface area contributed by atoms with E-state index >= 15 is 0 Å². The molecule has 1 aliphatic heterocycles. The number of H-pyrrole nitrogens is 1. The number of amides is 1. The Bertz CT molecular complexity index is 888. The minimum absolute atomic E-state index is 0.196. The summed E-state index contributed by atoms with van der Waals surface area (Å²) in [6.45, 7) is 0.306. The van der Waals surface area contributed by atoms with Gasteiger partial charge in [-0.2, -0.15) is 4.98 Å². The highest BCUT2D eigenvalue weighted by Crippen LogP contribution is 2.31. The molecule has 0 saturated carbocycles. The summed E-state index contributed by atoms with van der Waals surface area (Å²) < 4.78 is 16.1. The van der Waals surface area contributed by atoms with Crippen molar-refractivity contribution in [3.05, 3.63) is 42.2 Å². The molecule has 0 fully saturated rings. The Balaban J connectivity index is 1.45. The van der Waals surface area contributed by atoms with Crippen molar-refractivity contribution >= 4 is 11.9 Å². The van der Waals surface area contributed by atoms with E-state index in [1.165, 1.54) is 0 Å². The summed E-state index contributed by atoms with van der Waals surface area (Å²) in [7, 11) is 1.61. The van der Waals surface area contributed by atoms with E-state index in [9.17, 15) is 4.79 Å². The average Bonchev–Trinajstić information content (AvgIpc) is 3.32. The second-order valence-corrected chi connectivity index (χ2v) is 5.66. The number of hydrogen-bond donors (Lipinski definition) is 2. The smallest absolute Gasteiger partial charge is 0.249 e. The molecule has 0 aliphatic carbocycles. The van der Waals surface area contributed by atoms with Crippen molar-refractivity contribution in [2.45, 2.75) is 6.42 Å². The number of aromatic amines is 1. The molecule has 1 unspecified atom stereocenters. The standard InChI is InChI=1S/C17H16N4O4/c1-23-12-4-5-13-10(8-12)7-11(9-25-13)16(22)19-17-18-15(20-21-17)14-3-2-6-24-14/h2-6,8,11H,7,9H2,1H3,(H2,18,19,20,21,22). The molecule has 0 radical (unpaired) electrons. The summed E-state index contributed by atoms with van der Waals surface area (Å²) in [5.74, 6) is 2.20. The first-order valence-corrected chi connectivity index (χ1v) is 7.80. The third-order valence-electron chi connectivity index (χ3n) is 4.02. The number of benzene rings is 1. The van der Waals surface area contributed by atoms with E-state index in [-0.39, 0.29) is 17.8 Å². The number of nitrogens with one attached hydrogen (secondary N) is 2. The van der Waals surface area contributed by atoms with Crippen molar-refractivity contribution in [3.63, 3.8) is 0 Å². The first-order chi connectivity index (χ1) is 12.2. The first-order valence-electron chi connectivity index (χ1n) is 7.80. The molecule has 1 atom stereocenters. The van der Waals surface area contributed by atoms with Gasteiger partial charge in [0.25, 0.3) is 0 Å². The van der Waals surface area contributed by atoms with Gasteiger partial charge in [-0.1, -0.05) is 0 Å². The maximum atomic E-state index is 12.5. The van der Waals surface area contributed by atoms with Gasteiger partial charge in [0.1, 0.15) is 18.1 Å². The van der Waals surface area contributed by atoms with Gasteiger partial charge in [0.05, 0.1) is 19.3 Å². The second kappa shape index (κ2) is 6.31. The van der Waals surface area contributed by atoms with Crippen LogP contribution in [0.3, 0.4) is 0 Å². The summed E-state index contributed by atoms with van der Waals surface area (Å²) in [4.78, 5) is 16.7. The van der Waals surface area contributed by atoms with E-state index in [1.54, 1.807) is 25.5 Å². The molecular weight excluding hydrogens is 324 g/mol. The molecule has 1 amide bonds. The molecule has 4 rings (SSSR count). The fourth-order valence-electron chi connectivity index (χ4n) is 2.72. The predicted octanol–water partition coefficient (Wildman–Crippen LogP) is 2.26. The van der Waals surface area contributed by atoms with Crippen LogP contribution in [-0.2, 0) is 11.2 Å². The minimum atomic E-state index is -0.329. The Hall–Kier alpha value is -3.29. The van der Waals surface area contributed by atoms with E-state index in [4.69, 9.17) is 13.9 Å². The van der Waals surface area contributed by atoms with Crippen LogP contribution in [0.1, 0.15) is 5.56 Å². The molecule has 0 spiro atoms. The van der Waals surface area contributed by atoms with Crippen molar-refractivity contribution in [2.24, 2.45) is 5.92 Å². The molecule has 3 aromatic rings. The molecule has 1 aromatic carbocycles. The molecule has 2 N–H and O–H groups in total. The lowest BCUT2D eigenvalue weighted by molar-refractivity contribution is -0.121. The maximum absolute atomic E-state index is 12.5. The van der Waals surface area contributed by atoms with Crippen LogP contribution < -0.4 is 14.8 Å². The second-order valence-electron chi connectivity index (χ2n) is 5.66. The Labute approximate surface area is 143 Å². The Morgan fingerprint density at radius 2 is 2.32 bits per heavy atom. The van der Waals surface area contributed by atoms with E-state index in [1.807, 2.05) is 18.2 Å². The summed E-state index contributed by atoms with van der Waals surface area (Å²) in [5, 5.41) is 9.43. The number of carbonyl (C=O) groups excluding carboxylic acids is 1. The van der Waals surface area contributed by atoms with Gasteiger partial charge in [-0.25, -0.2) is 0 Å². The third kappa shape index (κ3) is 3.06. The molecule has 3 heterocycles. The summed E-state index contributed by atoms with van der Waals surface area (Å²) in [6, 6.07) is 9.08. The van der Waals surface area contributed by atoms with Crippen molar-refractivity contribution in [3.8, 4) is 23.1 Å². The predicted molar refractivity (Wildman–Crippen MR) is 88.4 cm³/mol. The number of carbonyl (C=O) groups is 1. The van der Waals surface area contributed by atoms with Crippen molar-refractivity contribution in [1.29, 1.82) is 0 Å². The molecule has 8 nitrogen and oxygen atoms in total. The molecule has 0 bridgehead atoms. The number of ether oxygens (including phenoxy) is 2. The number of hydrogen-bond acceptors (Lipinski definition) is 6. The van der Waals surface area contributed by atoms with Gasteiger partial charge in [0, 0.05) is 0 Å². The molecular formula is C17H16N4O4. The van der Waals surface area contributed by atoms with E-state index in [0.29, 0.717) is 24.6 Å². The van der Waals surface area contributed by atoms with E-state index in [0.717, 1.165) is 17.1 Å². The highest BCUT2D eigenvalue weighted by Gasteiger charge is 2.27. The highest BCUT2D eigenvalue weighted by molar-refractivity contribution is 5.91. The largest absolute Gasteiger partial charge is 0.497 e. The normalized spacial score (nSPS) is 16.0. The minimum Gasteiger partial charge on any atom is -0.497 e. The molecule has 0 saturated heterocycles. The zero-order chi connectivity index (χ0) is 17.2. The average molecular weight is 340 g/mol. The van der Waals surface area contributed by atoms with Crippen LogP contribution in [0.15, 0.2) is 41.0 Å². The molecule has 128 valence electrons. The lowest BCUT2D eigenvalue weighted by Crippen LogP contribution is -2.32. The third-order valence-corrected chi connectivity index (χ3v) is 4.02. The van der Waals surface area contributed by atoms with Crippen molar-refractivity contribution in [1.82, 2.24) is 15.2 Å². The fraction of sp³-hybridized carbons (Fsp3) is 0.235. The van der Waals surface area contributed by atoms with Crippen LogP contribution in [-0.4, -0.2) is 34.8 Å². The number of furan rings is 1. The van der Waals surface area contributed by atoms with E-state index in [2.05, 4.69) is 20.5 Å². The number of anilines is 1. The molecule has 25 heavy (non-hydrogen) atoms. The van der Waals surface area contributed by atoms with Gasteiger partial charge >= 0.3 is 0 Å². The topological polar surface area (TPSA) is 102 Å². The quantitative estimate of drug-likeness (QED) is 0.755. The molecule has 1 aliphatic rings. The van der Waals surface area contributed by atoms with Crippen LogP contribution in [0, 0.1) is 5.92 Å². The number of aromatic nitrogens is 3. The zero-order valence-electron chi connectivity index (χ0n) is 13.5. The number of methoxy groups -OCH3 is 1. The highest BCUT2D eigenvalue weighted by atomic mass is 16.5. The lowest BCUT2D eigenvalue weighted by Gasteiger charge is -2.24. The zero-order valence-corrected chi connectivity index (χ0v) is 13.5. The monoisotopic (exact) mass is 340 g/mol. The van der Waals surface area contributed by atoms with Gasteiger partial charge in [0.2, 0.25) is 11.9 Å². The van der Waals surface area contributed by atoms with Crippen molar-refractivity contribution in [2.75, 3.05) is 19.0 Å². The Morgan fingerprint density at radius 1 is 1.40 bits per heavy atom. The lowest BCUT2D eigenvalue weighted by atomic mass is 9.96. The van der Waals surface area contributed by atoms with Gasteiger partial charge in [-0.05, 0) is 42.3 Å². The Morgan fingerprint density at radius 3 is 3.12 bits per heavy atom. The first kappa shape index (κ1) is 15.3. The van der Waals surface area contributed by atoms with Crippen LogP contribution >= 0.6 is 0 Å². The molecule has 2 aromatic heterocycles. The van der Waals surface area contributed by atoms with Gasteiger partial charge < -0.3 is 13.9 Å². The molecule has 8 heteroatoms. The van der Waals surface area contributed by atoms with Crippen LogP contribution in [0.25, 0.3) is 11.6 Å².